The number of benzene rings is 1. The average Bonchev–Trinajstić information content (AvgIpc) is 2.39. The summed E-state index contributed by atoms with van der Waals surface area (Å²) in [5, 5.41) is 9.03. The van der Waals surface area contributed by atoms with Crippen LogP contribution in [-0.2, 0) is 9.59 Å². The highest BCUT2D eigenvalue weighted by Crippen LogP contribution is 2.25. The number of rotatable bonds is 3. The monoisotopic (exact) mass is 283 g/mol. The van der Waals surface area contributed by atoms with Crippen molar-refractivity contribution in [3.05, 3.63) is 35.9 Å². The Bertz CT molecular complexity index is 449. The van der Waals surface area contributed by atoms with E-state index < -0.39 is 11.9 Å². The summed E-state index contributed by atoms with van der Waals surface area (Å²) in [6.45, 7) is 2.99. The molecule has 4 nitrogen and oxygen atoms in total. The van der Waals surface area contributed by atoms with Gasteiger partial charge in [-0.05, 0) is 12.5 Å². The Labute approximate surface area is 118 Å². The number of likely N-dealkylation sites (tertiary alicyclic amines) is 1. The standard InChI is InChI=1S/C14H17NO3.ClH/c1-10(11-5-3-2-4-6-11)15-8-7-13(16)12(9-15)14(17)18;/h2-6,10,12H,7-9H2,1H3,(H,17,18);1H. The lowest BCUT2D eigenvalue weighted by atomic mass is 9.94. The molecule has 1 heterocycles. The second-order valence-corrected chi connectivity index (χ2v) is 4.69. The summed E-state index contributed by atoms with van der Waals surface area (Å²) in [5.41, 5.74) is 1.15. The maximum atomic E-state index is 11.5. The third-order valence-electron chi connectivity index (χ3n) is 3.58. The molecule has 2 unspecified atom stereocenters. The molecule has 1 N–H and O–H groups in total. The van der Waals surface area contributed by atoms with Crippen molar-refractivity contribution in [2.24, 2.45) is 5.92 Å². The lowest BCUT2D eigenvalue weighted by Gasteiger charge is -2.34. The van der Waals surface area contributed by atoms with Gasteiger partial charge in [-0.25, -0.2) is 0 Å². The van der Waals surface area contributed by atoms with Crippen LogP contribution in [0, 0.1) is 5.92 Å². The molecule has 0 aromatic heterocycles. The average molecular weight is 284 g/mol. The van der Waals surface area contributed by atoms with Crippen molar-refractivity contribution in [1.29, 1.82) is 0 Å². The molecule has 1 aromatic rings. The van der Waals surface area contributed by atoms with Crippen LogP contribution in [0.25, 0.3) is 0 Å². The van der Waals surface area contributed by atoms with Crippen molar-refractivity contribution in [3.63, 3.8) is 0 Å². The van der Waals surface area contributed by atoms with Crippen LogP contribution in [0.4, 0.5) is 0 Å². The Morgan fingerprint density at radius 1 is 1.37 bits per heavy atom. The summed E-state index contributed by atoms with van der Waals surface area (Å²) in [4.78, 5) is 24.6. The number of carboxylic acids is 1. The van der Waals surface area contributed by atoms with Gasteiger partial charge in [0.15, 0.2) is 0 Å². The van der Waals surface area contributed by atoms with E-state index in [1.54, 1.807) is 0 Å². The molecule has 19 heavy (non-hydrogen) atoms. The van der Waals surface area contributed by atoms with Crippen molar-refractivity contribution in [3.8, 4) is 0 Å². The van der Waals surface area contributed by atoms with Gasteiger partial charge in [0.05, 0.1) is 0 Å². The molecular weight excluding hydrogens is 266 g/mol. The summed E-state index contributed by atoms with van der Waals surface area (Å²) in [6, 6.07) is 10.1. The number of hydrogen-bond acceptors (Lipinski definition) is 3. The Balaban J connectivity index is 0.00000180. The van der Waals surface area contributed by atoms with Gasteiger partial charge in [-0.1, -0.05) is 30.3 Å². The van der Waals surface area contributed by atoms with Gasteiger partial charge in [0.2, 0.25) is 0 Å². The molecule has 0 amide bonds. The Kier molecular flexibility index (Phi) is 5.51. The largest absolute Gasteiger partial charge is 0.481 e. The van der Waals surface area contributed by atoms with Gasteiger partial charge >= 0.3 is 5.97 Å². The zero-order valence-electron chi connectivity index (χ0n) is 10.8. The van der Waals surface area contributed by atoms with Gasteiger partial charge in [0, 0.05) is 25.6 Å². The van der Waals surface area contributed by atoms with E-state index in [0.29, 0.717) is 19.5 Å². The molecular formula is C14H18ClNO3. The first-order chi connectivity index (χ1) is 8.59. The van der Waals surface area contributed by atoms with Gasteiger partial charge < -0.3 is 5.11 Å². The SMILES string of the molecule is CC(c1ccccc1)N1CCC(=O)C(C(=O)O)C1.Cl. The smallest absolute Gasteiger partial charge is 0.315 e. The van der Waals surface area contributed by atoms with Crippen molar-refractivity contribution in [2.75, 3.05) is 13.1 Å². The molecule has 104 valence electrons. The zero-order valence-corrected chi connectivity index (χ0v) is 11.6. The molecule has 2 rings (SSSR count). The van der Waals surface area contributed by atoms with Crippen LogP contribution in [0.1, 0.15) is 24.9 Å². The normalized spacial score (nSPS) is 21.5. The van der Waals surface area contributed by atoms with Crippen LogP contribution in [-0.4, -0.2) is 34.8 Å². The molecule has 0 saturated carbocycles. The maximum absolute atomic E-state index is 11.5. The molecule has 1 aliphatic rings. The van der Waals surface area contributed by atoms with E-state index in [1.807, 2.05) is 37.3 Å². The molecule has 1 aliphatic heterocycles. The predicted octanol–water partition coefficient (Wildman–Crippen LogP) is 2.15. The van der Waals surface area contributed by atoms with E-state index in [-0.39, 0.29) is 24.2 Å². The van der Waals surface area contributed by atoms with E-state index in [1.165, 1.54) is 0 Å². The van der Waals surface area contributed by atoms with Gasteiger partial charge in [-0.15, -0.1) is 12.4 Å². The van der Waals surface area contributed by atoms with Crippen LogP contribution in [0.15, 0.2) is 30.3 Å². The van der Waals surface area contributed by atoms with Crippen LogP contribution in [0.3, 0.4) is 0 Å². The molecule has 0 aliphatic carbocycles. The minimum absolute atomic E-state index is 0. The Morgan fingerprint density at radius 3 is 2.58 bits per heavy atom. The maximum Gasteiger partial charge on any atom is 0.315 e. The van der Waals surface area contributed by atoms with Crippen LogP contribution < -0.4 is 0 Å². The second-order valence-electron chi connectivity index (χ2n) is 4.69. The first-order valence-corrected chi connectivity index (χ1v) is 6.14. The fraction of sp³-hybridized carbons (Fsp3) is 0.429. The number of aliphatic carboxylic acids is 1. The molecule has 0 spiro atoms. The summed E-state index contributed by atoms with van der Waals surface area (Å²) >= 11 is 0. The number of carboxylic acid groups (broad SMARTS) is 1. The van der Waals surface area contributed by atoms with Crippen LogP contribution in [0.2, 0.25) is 0 Å². The van der Waals surface area contributed by atoms with Crippen LogP contribution in [0.5, 0.6) is 0 Å². The van der Waals surface area contributed by atoms with Gasteiger partial charge in [-0.2, -0.15) is 0 Å². The minimum atomic E-state index is -1.01. The molecule has 1 saturated heterocycles. The quantitative estimate of drug-likeness (QED) is 0.864. The molecule has 2 atom stereocenters. The lowest BCUT2D eigenvalue weighted by molar-refractivity contribution is -0.149. The summed E-state index contributed by atoms with van der Waals surface area (Å²) in [7, 11) is 0. The van der Waals surface area contributed by atoms with E-state index in [2.05, 4.69) is 4.90 Å². The number of carbonyl (C=O) groups excluding carboxylic acids is 1. The highest BCUT2D eigenvalue weighted by molar-refractivity contribution is 5.99. The molecule has 0 bridgehead atoms. The number of piperidine rings is 1. The zero-order chi connectivity index (χ0) is 13.1. The number of ketones is 1. The Hall–Kier alpha value is -1.39. The first kappa shape index (κ1) is 15.7. The lowest BCUT2D eigenvalue weighted by Crippen LogP contribution is -2.45. The summed E-state index contributed by atoms with van der Waals surface area (Å²) in [5.74, 6) is -2.03. The minimum Gasteiger partial charge on any atom is -0.481 e. The molecule has 1 aromatic carbocycles. The van der Waals surface area contributed by atoms with Crippen molar-refractivity contribution in [1.82, 2.24) is 4.90 Å². The fourth-order valence-corrected chi connectivity index (χ4v) is 2.37. The van der Waals surface area contributed by atoms with Gasteiger partial charge in [0.25, 0.3) is 0 Å². The third kappa shape index (κ3) is 3.55. The molecule has 5 heteroatoms. The number of hydrogen-bond donors (Lipinski definition) is 1. The van der Waals surface area contributed by atoms with Crippen molar-refractivity contribution < 1.29 is 14.7 Å². The van der Waals surface area contributed by atoms with E-state index >= 15 is 0 Å². The number of Topliss-reactive ketones (excluding diaryl/α,β-unsaturated/α-hetero) is 1. The third-order valence-corrected chi connectivity index (χ3v) is 3.58. The molecule has 1 fully saturated rings. The highest BCUT2D eigenvalue weighted by Gasteiger charge is 2.34. The van der Waals surface area contributed by atoms with E-state index in [0.717, 1.165) is 5.56 Å². The highest BCUT2D eigenvalue weighted by atomic mass is 35.5. The Morgan fingerprint density at radius 2 is 2.00 bits per heavy atom. The number of nitrogens with zero attached hydrogens (tertiary/aromatic N) is 1. The predicted molar refractivity (Wildman–Crippen MR) is 74.4 cm³/mol. The second kappa shape index (κ2) is 6.68. The van der Waals surface area contributed by atoms with Crippen molar-refractivity contribution >= 4 is 24.2 Å². The fourth-order valence-electron chi connectivity index (χ4n) is 2.37. The summed E-state index contributed by atoms with van der Waals surface area (Å²) < 4.78 is 0. The number of halogens is 1. The summed E-state index contributed by atoms with van der Waals surface area (Å²) in [6.07, 6.45) is 0.328. The number of carbonyl (C=O) groups is 2. The van der Waals surface area contributed by atoms with Gasteiger partial charge in [-0.3, -0.25) is 14.5 Å². The van der Waals surface area contributed by atoms with E-state index in [4.69, 9.17) is 5.11 Å². The van der Waals surface area contributed by atoms with E-state index in [9.17, 15) is 9.59 Å². The van der Waals surface area contributed by atoms with Crippen molar-refractivity contribution in [2.45, 2.75) is 19.4 Å². The first-order valence-electron chi connectivity index (χ1n) is 6.14. The molecule has 0 radical (unpaired) electrons. The van der Waals surface area contributed by atoms with Gasteiger partial charge in [0.1, 0.15) is 11.7 Å². The van der Waals surface area contributed by atoms with Crippen LogP contribution >= 0.6 is 12.4 Å². The topological polar surface area (TPSA) is 57.6 Å².